The number of aromatic nitrogens is 3. The molecule has 4 rings (SSSR count). The van der Waals surface area contributed by atoms with E-state index in [0.29, 0.717) is 11.7 Å². The van der Waals surface area contributed by atoms with E-state index < -0.39 is 0 Å². The highest BCUT2D eigenvalue weighted by Crippen LogP contribution is 2.35. The van der Waals surface area contributed by atoms with Gasteiger partial charge >= 0.3 is 0 Å². The van der Waals surface area contributed by atoms with E-state index in [9.17, 15) is 4.79 Å². The Bertz CT molecular complexity index is 741. The van der Waals surface area contributed by atoms with Crippen molar-refractivity contribution in [1.29, 1.82) is 0 Å². The van der Waals surface area contributed by atoms with E-state index in [1.807, 2.05) is 28.9 Å². The molecule has 1 aromatic carbocycles. The lowest BCUT2D eigenvalue weighted by atomic mass is 10.1. The molecule has 1 atom stereocenters. The third kappa shape index (κ3) is 3.41. The fourth-order valence-corrected chi connectivity index (χ4v) is 3.88. The number of carbonyl (C=O) groups excluding carboxylic acids is 1. The lowest BCUT2D eigenvalue weighted by Crippen LogP contribution is -2.30. The molecule has 0 spiro atoms. The molecule has 7 heteroatoms. The Kier molecular flexibility index (Phi) is 5.39. The summed E-state index contributed by atoms with van der Waals surface area (Å²) < 4.78 is 1.87. The number of carbonyl (C=O) groups is 1. The predicted octanol–water partition coefficient (Wildman–Crippen LogP) is 2.38. The maximum absolute atomic E-state index is 12.8. The number of hydrogen-bond acceptors (Lipinski definition) is 4. The van der Waals surface area contributed by atoms with E-state index in [1.54, 1.807) is 0 Å². The lowest BCUT2D eigenvalue weighted by molar-refractivity contribution is 0.0724. The highest BCUT2D eigenvalue weighted by atomic mass is 35.5. The highest BCUT2D eigenvalue weighted by Gasteiger charge is 2.30. The second-order valence-corrected chi connectivity index (χ2v) is 6.73. The van der Waals surface area contributed by atoms with Crippen LogP contribution in [0.4, 0.5) is 0 Å². The minimum absolute atomic E-state index is 0. The Morgan fingerprint density at radius 3 is 2.80 bits per heavy atom. The van der Waals surface area contributed by atoms with Gasteiger partial charge in [-0.3, -0.25) is 4.79 Å². The molecule has 1 aliphatic carbocycles. The Morgan fingerprint density at radius 2 is 2.00 bits per heavy atom. The fourth-order valence-electron chi connectivity index (χ4n) is 3.88. The minimum Gasteiger partial charge on any atom is -0.333 e. The van der Waals surface area contributed by atoms with Crippen LogP contribution in [0.5, 0.6) is 0 Å². The van der Waals surface area contributed by atoms with Crippen molar-refractivity contribution in [2.75, 3.05) is 20.1 Å². The van der Waals surface area contributed by atoms with Crippen molar-refractivity contribution in [2.45, 2.75) is 37.8 Å². The van der Waals surface area contributed by atoms with Crippen molar-refractivity contribution in [3.63, 3.8) is 0 Å². The summed E-state index contributed by atoms with van der Waals surface area (Å²) in [5.41, 5.74) is 3.06. The summed E-state index contributed by atoms with van der Waals surface area (Å²) in [6.45, 7) is 1.99. The van der Waals surface area contributed by atoms with E-state index in [1.165, 1.54) is 11.1 Å². The summed E-state index contributed by atoms with van der Waals surface area (Å²) >= 11 is 0. The lowest BCUT2D eigenvalue weighted by Gasteiger charge is -2.24. The zero-order chi connectivity index (χ0) is 16.5. The van der Waals surface area contributed by atoms with Crippen LogP contribution >= 0.6 is 12.4 Å². The van der Waals surface area contributed by atoms with Crippen molar-refractivity contribution in [1.82, 2.24) is 25.2 Å². The Balaban J connectivity index is 0.00000182. The van der Waals surface area contributed by atoms with Crippen LogP contribution in [0.15, 0.2) is 30.5 Å². The molecule has 1 amide bonds. The van der Waals surface area contributed by atoms with Crippen LogP contribution in [-0.2, 0) is 6.42 Å². The molecule has 134 valence electrons. The third-order valence-corrected chi connectivity index (χ3v) is 5.30. The van der Waals surface area contributed by atoms with Crippen molar-refractivity contribution in [3.8, 4) is 0 Å². The van der Waals surface area contributed by atoms with Crippen molar-refractivity contribution < 1.29 is 4.79 Å². The molecule has 1 fully saturated rings. The van der Waals surface area contributed by atoms with Gasteiger partial charge in [0.1, 0.15) is 0 Å². The summed E-state index contributed by atoms with van der Waals surface area (Å²) in [6, 6.07) is 8.87. The summed E-state index contributed by atoms with van der Waals surface area (Å²) in [5, 5.41) is 11.7. The number of benzene rings is 1. The molecule has 1 aliphatic heterocycles. The van der Waals surface area contributed by atoms with Crippen molar-refractivity contribution in [2.24, 2.45) is 0 Å². The number of hydrogen-bond donors (Lipinski definition) is 1. The molecule has 2 aromatic rings. The average Bonchev–Trinajstić information content (AvgIpc) is 3.28. The average molecular weight is 362 g/mol. The molecule has 6 nitrogen and oxygen atoms in total. The number of nitrogens with zero attached hydrogens (tertiary/aromatic N) is 4. The standard InChI is InChI=1S/C18H23N5O.ClH/c1-22(17-7-6-13-4-2-3-5-15(13)17)18(24)16-12-23(21-20-16)14-8-10-19-11-9-14;/h2-5,12,14,17,19H,6-11H2,1H3;1H. The zero-order valence-electron chi connectivity index (χ0n) is 14.4. The molecule has 1 saturated heterocycles. The number of amides is 1. The van der Waals surface area contributed by atoms with Gasteiger partial charge in [0.15, 0.2) is 5.69 Å². The number of rotatable bonds is 3. The summed E-state index contributed by atoms with van der Waals surface area (Å²) in [6.07, 6.45) is 5.88. The first-order valence-electron chi connectivity index (χ1n) is 8.71. The van der Waals surface area contributed by atoms with Gasteiger partial charge in [0, 0.05) is 7.05 Å². The first-order valence-corrected chi connectivity index (χ1v) is 8.71. The molecule has 0 bridgehead atoms. The molecule has 1 aromatic heterocycles. The largest absolute Gasteiger partial charge is 0.333 e. The van der Waals surface area contributed by atoms with Crippen molar-refractivity contribution >= 4 is 18.3 Å². The minimum atomic E-state index is -0.0445. The van der Waals surface area contributed by atoms with Gasteiger partial charge in [-0.25, -0.2) is 4.68 Å². The van der Waals surface area contributed by atoms with Crippen LogP contribution < -0.4 is 5.32 Å². The van der Waals surface area contributed by atoms with Gasteiger partial charge in [0.2, 0.25) is 0 Å². The van der Waals surface area contributed by atoms with E-state index in [0.717, 1.165) is 38.8 Å². The summed E-state index contributed by atoms with van der Waals surface area (Å²) in [5.74, 6) is -0.0445. The first kappa shape index (κ1) is 17.9. The van der Waals surface area contributed by atoms with Gasteiger partial charge in [-0.2, -0.15) is 0 Å². The number of halogens is 1. The predicted molar refractivity (Wildman–Crippen MR) is 98.0 cm³/mol. The maximum Gasteiger partial charge on any atom is 0.276 e. The van der Waals surface area contributed by atoms with E-state index in [2.05, 4.69) is 33.8 Å². The van der Waals surface area contributed by atoms with Gasteiger partial charge < -0.3 is 10.2 Å². The molecule has 1 unspecified atom stereocenters. The third-order valence-electron chi connectivity index (χ3n) is 5.30. The van der Waals surface area contributed by atoms with Crippen LogP contribution in [-0.4, -0.2) is 45.9 Å². The van der Waals surface area contributed by atoms with E-state index in [4.69, 9.17) is 0 Å². The van der Waals surface area contributed by atoms with Gasteiger partial charge in [-0.05, 0) is 49.9 Å². The zero-order valence-corrected chi connectivity index (χ0v) is 15.2. The molecular weight excluding hydrogens is 338 g/mol. The van der Waals surface area contributed by atoms with Gasteiger partial charge in [-0.15, -0.1) is 17.5 Å². The molecule has 0 radical (unpaired) electrons. The van der Waals surface area contributed by atoms with Crippen molar-refractivity contribution in [3.05, 3.63) is 47.3 Å². The fraction of sp³-hybridized carbons (Fsp3) is 0.500. The Morgan fingerprint density at radius 1 is 1.24 bits per heavy atom. The molecule has 0 saturated carbocycles. The molecule has 2 aliphatic rings. The van der Waals surface area contributed by atoms with Gasteiger partial charge in [0.05, 0.1) is 18.3 Å². The van der Waals surface area contributed by atoms with E-state index in [-0.39, 0.29) is 24.4 Å². The van der Waals surface area contributed by atoms with Crippen LogP contribution in [0.1, 0.15) is 53.0 Å². The summed E-state index contributed by atoms with van der Waals surface area (Å²) in [7, 11) is 1.87. The smallest absolute Gasteiger partial charge is 0.276 e. The first-order chi connectivity index (χ1) is 11.7. The number of nitrogens with one attached hydrogen (secondary N) is 1. The topological polar surface area (TPSA) is 63.1 Å². The van der Waals surface area contributed by atoms with Gasteiger partial charge in [-0.1, -0.05) is 29.5 Å². The van der Waals surface area contributed by atoms with Crippen LogP contribution in [0.25, 0.3) is 0 Å². The maximum atomic E-state index is 12.8. The van der Waals surface area contributed by atoms with Crippen LogP contribution in [0, 0.1) is 0 Å². The molecule has 1 N–H and O–H groups in total. The summed E-state index contributed by atoms with van der Waals surface area (Å²) in [4.78, 5) is 14.7. The molecule has 2 heterocycles. The second-order valence-electron chi connectivity index (χ2n) is 6.73. The molecule has 25 heavy (non-hydrogen) atoms. The molecular formula is C18H24ClN5O. The number of aryl methyl sites for hydroxylation is 1. The van der Waals surface area contributed by atoms with E-state index >= 15 is 0 Å². The highest BCUT2D eigenvalue weighted by molar-refractivity contribution is 5.92. The van der Waals surface area contributed by atoms with Crippen LogP contribution in [0.3, 0.4) is 0 Å². The number of fused-ring (bicyclic) bond motifs is 1. The van der Waals surface area contributed by atoms with Crippen LogP contribution in [0.2, 0.25) is 0 Å². The monoisotopic (exact) mass is 361 g/mol. The quantitative estimate of drug-likeness (QED) is 0.911. The second kappa shape index (κ2) is 7.54. The normalized spacial score (nSPS) is 20.0. The SMILES string of the molecule is CN(C(=O)c1cn(C2CCNCC2)nn1)C1CCc2ccccc21.Cl. The Hall–Kier alpha value is -1.92. The van der Waals surface area contributed by atoms with Gasteiger partial charge in [0.25, 0.3) is 5.91 Å². The number of piperidine rings is 1. The Labute approximate surface area is 154 Å².